The van der Waals surface area contributed by atoms with Crippen molar-refractivity contribution in [2.24, 2.45) is 0 Å². The van der Waals surface area contributed by atoms with Crippen LogP contribution < -0.4 is 15.8 Å². The number of rotatable bonds is 5. The van der Waals surface area contributed by atoms with Crippen LogP contribution in [0.3, 0.4) is 0 Å². The lowest BCUT2D eigenvalue weighted by atomic mass is 10.1. The molecule has 3 heterocycles. The fourth-order valence-electron chi connectivity index (χ4n) is 3.27. The lowest BCUT2D eigenvalue weighted by Crippen LogP contribution is -2.16. The third-order valence-electron chi connectivity index (χ3n) is 4.77. The highest BCUT2D eigenvalue weighted by Crippen LogP contribution is 2.33. The number of alkyl halides is 3. The number of hydrogen-bond acceptors (Lipinski definition) is 6. The molecule has 0 spiro atoms. The predicted molar refractivity (Wildman–Crippen MR) is 112 cm³/mol. The van der Waals surface area contributed by atoms with Gasteiger partial charge in [0.05, 0.1) is 35.7 Å². The van der Waals surface area contributed by atoms with Gasteiger partial charge in [-0.2, -0.15) is 18.3 Å². The first-order valence-electron chi connectivity index (χ1n) is 9.35. The second-order valence-corrected chi connectivity index (χ2v) is 6.87. The molecule has 3 aromatic heterocycles. The number of nitrogen functional groups attached to an aromatic ring is 1. The number of nitrogens with zero attached hydrogens (tertiary/aromatic N) is 3. The monoisotopic (exact) mass is 442 g/mol. The summed E-state index contributed by atoms with van der Waals surface area (Å²) in [5.41, 5.74) is 7.11. The Morgan fingerprint density at radius 3 is 2.69 bits per heavy atom. The summed E-state index contributed by atoms with van der Waals surface area (Å²) in [5.74, 6) is 0.183. The average Bonchev–Trinajstić information content (AvgIpc) is 3.15. The van der Waals surface area contributed by atoms with Crippen LogP contribution in [0.25, 0.3) is 22.2 Å². The van der Waals surface area contributed by atoms with Gasteiger partial charge < -0.3 is 15.8 Å². The molecule has 0 fully saturated rings. The number of aromatic nitrogens is 4. The van der Waals surface area contributed by atoms with E-state index in [4.69, 9.17) is 10.5 Å². The second kappa shape index (κ2) is 8.17. The fourth-order valence-corrected chi connectivity index (χ4v) is 3.27. The van der Waals surface area contributed by atoms with Crippen molar-refractivity contribution < 1.29 is 22.7 Å². The molecule has 0 unspecified atom stereocenters. The maximum Gasteiger partial charge on any atom is 0.416 e. The van der Waals surface area contributed by atoms with Crippen LogP contribution in [0, 0.1) is 0 Å². The van der Waals surface area contributed by atoms with E-state index < -0.39 is 17.6 Å². The van der Waals surface area contributed by atoms with Crippen molar-refractivity contribution in [1.29, 1.82) is 0 Å². The topological polar surface area (TPSA) is 119 Å². The zero-order valence-corrected chi connectivity index (χ0v) is 16.7. The number of benzene rings is 1. The Morgan fingerprint density at radius 1 is 1.19 bits per heavy atom. The lowest BCUT2D eigenvalue weighted by molar-refractivity contribution is -0.137. The maximum absolute atomic E-state index is 13.0. The molecular formula is C21H17F3N6O2. The highest BCUT2D eigenvalue weighted by molar-refractivity contribution is 5.99. The molecule has 8 nitrogen and oxygen atoms in total. The van der Waals surface area contributed by atoms with Crippen LogP contribution in [0.15, 0.2) is 48.8 Å². The number of fused-ring (bicyclic) bond motifs is 1. The number of halogens is 3. The molecule has 0 aliphatic heterocycles. The van der Waals surface area contributed by atoms with Gasteiger partial charge in [-0.05, 0) is 36.4 Å². The first-order valence-corrected chi connectivity index (χ1v) is 9.35. The molecule has 11 heteroatoms. The summed E-state index contributed by atoms with van der Waals surface area (Å²) in [6.07, 6.45) is -1.73. The van der Waals surface area contributed by atoms with Crippen LogP contribution in [0.5, 0.6) is 5.75 Å². The number of carbonyl (C=O) groups excluding carboxylic acids is 1. The van der Waals surface area contributed by atoms with Crippen molar-refractivity contribution >= 4 is 28.4 Å². The van der Waals surface area contributed by atoms with Gasteiger partial charge in [0.2, 0.25) is 5.91 Å². The van der Waals surface area contributed by atoms with Gasteiger partial charge in [0.1, 0.15) is 11.6 Å². The van der Waals surface area contributed by atoms with Gasteiger partial charge in [-0.25, -0.2) is 4.98 Å². The Hall–Kier alpha value is -4.15. The van der Waals surface area contributed by atoms with Crippen LogP contribution in [0.4, 0.5) is 24.8 Å². The molecular weight excluding hydrogens is 425 g/mol. The van der Waals surface area contributed by atoms with Gasteiger partial charge in [-0.3, -0.25) is 14.9 Å². The molecule has 4 aromatic rings. The number of pyridine rings is 2. The number of aromatic amines is 1. The Morgan fingerprint density at radius 2 is 2.00 bits per heavy atom. The SMILES string of the molecule is COc1ccc(C(F)(F)F)cc1CC(=O)Nc1ccc(-c2nccc3[nH]nc(N)c23)cn1. The van der Waals surface area contributed by atoms with Crippen molar-refractivity contribution in [2.45, 2.75) is 12.6 Å². The standard InChI is InChI=1S/C21H17F3N6O2/c1-32-15-4-3-13(21(22,23)24)8-12(15)9-17(31)28-16-5-2-11(10-27-16)19-18-14(6-7-26-19)29-30-20(18)25/h2-8,10H,9H2,1H3,(H3,25,29,30)(H,27,28,31). The minimum absolute atomic E-state index is 0.114. The summed E-state index contributed by atoms with van der Waals surface area (Å²) >= 11 is 0. The molecule has 4 N–H and O–H groups in total. The molecule has 0 saturated heterocycles. The molecule has 4 rings (SSSR count). The molecule has 164 valence electrons. The highest BCUT2D eigenvalue weighted by atomic mass is 19.4. The molecule has 0 atom stereocenters. The van der Waals surface area contributed by atoms with Crippen LogP contribution in [-0.2, 0) is 17.4 Å². The molecule has 32 heavy (non-hydrogen) atoms. The predicted octanol–water partition coefficient (Wildman–Crippen LogP) is 3.81. The molecule has 0 saturated carbocycles. The number of anilines is 2. The number of hydrogen-bond donors (Lipinski definition) is 3. The maximum atomic E-state index is 13.0. The van der Waals surface area contributed by atoms with E-state index in [2.05, 4.69) is 25.5 Å². The third-order valence-corrected chi connectivity index (χ3v) is 4.77. The fraction of sp³-hybridized carbons (Fsp3) is 0.143. The van der Waals surface area contributed by atoms with Crippen LogP contribution in [0.2, 0.25) is 0 Å². The summed E-state index contributed by atoms with van der Waals surface area (Å²) < 4.78 is 44.1. The third kappa shape index (κ3) is 4.17. The first-order chi connectivity index (χ1) is 15.3. The number of amides is 1. The van der Waals surface area contributed by atoms with Gasteiger partial charge in [0, 0.05) is 23.5 Å². The summed E-state index contributed by atoms with van der Waals surface area (Å²) in [6, 6.07) is 7.99. The molecule has 0 radical (unpaired) electrons. The van der Waals surface area contributed by atoms with Gasteiger partial charge in [0.25, 0.3) is 0 Å². The molecule has 0 aliphatic rings. The van der Waals surface area contributed by atoms with E-state index in [9.17, 15) is 18.0 Å². The Balaban J connectivity index is 1.52. The number of H-pyrrole nitrogens is 1. The summed E-state index contributed by atoms with van der Waals surface area (Å²) in [6.45, 7) is 0. The van der Waals surface area contributed by atoms with Crippen LogP contribution in [0.1, 0.15) is 11.1 Å². The quantitative estimate of drug-likeness (QED) is 0.433. The van der Waals surface area contributed by atoms with Crippen LogP contribution in [-0.4, -0.2) is 33.2 Å². The van der Waals surface area contributed by atoms with Crippen molar-refractivity contribution in [2.75, 3.05) is 18.2 Å². The first kappa shape index (κ1) is 21.1. The van der Waals surface area contributed by atoms with Crippen molar-refractivity contribution in [3.8, 4) is 17.0 Å². The minimum atomic E-state index is -4.52. The van der Waals surface area contributed by atoms with E-state index in [1.54, 1.807) is 24.4 Å². The van der Waals surface area contributed by atoms with Gasteiger partial charge in [0.15, 0.2) is 5.82 Å². The second-order valence-electron chi connectivity index (χ2n) is 6.87. The highest BCUT2D eigenvalue weighted by Gasteiger charge is 2.31. The lowest BCUT2D eigenvalue weighted by Gasteiger charge is -2.13. The minimum Gasteiger partial charge on any atom is -0.496 e. The number of ether oxygens (including phenoxy) is 1. The van der Waals surface area contributed by atoms with E-state index in [1.165, 1.54) is 19.4 Å². The smallest absolute Gasteiger partial charge is 0.416 e. The number of nitrogens with one attached hydrogen (secondary N) is 2. The summed E-state index contributed by atoms with van der Waals surface area (Å²) in [5, 5.41) is 10.0. The zero-order valence-electron chi connectivity index (χ0n) is 16.7. The number of nitrogens with two attached hydrogens (primary N) is 1. The van der Waals surface area contributed by atoms with Gasteiger partial charge >= 0.3 is 6.18 Å². The van der Waals surface area contributed by atoms with E-state index in [-0.39, 0.29) is 23.6 Å². The molecule has 1 aromatic carbocycles. The Labute approximate surface area is 179 Å². The van der Waals surface area contributed by atoms with Gasteiger partial charge in [-0.15, -0.1) is 0 Å². The summed E-state index contributed by atoms with van der Waals surface area (Å²) in [4.78, 5) is 21.0. The normalized spacial score (nSPS) is 11.5. The van der Waals surface area contributed by atoms with E-state index in [0.717, 1.165) is 17.6 Å². The van der Waals surface area contributed by atoms with Crippen molar-refractivity contribution in [3.05, 3.63) is 59.9 Å². The summed E-state index contributed by atoms with van der Waals surface area (Å²) in [7, 11) is 1.33. The van der Waals surface area contributed by atoms with Crippen molar-refractivity contribution in [1.82, 2.24) is 20.2 Å². The Bertz CT molecular complexity index is 1290. The van der Waals surface area contributed by atoms with E-state index >= 15 is 0 Å². The van der Waals surface area contributed by atoms with Gasteiger partial charge in [-0.1, -0.05) is 0 Å². The molecule has 0 aliphatic carbocycles. The zero-order chi connectivity index (χ0) is 22.9. The molecule has 1 amide bonds. The largest absolute Gasteiger partial charge is 0.496 e. The Kier molecular flexibility index (Phi) is 5.39. The van der Waals surface area contributed by atoms with E-state index in [1.807, 2.05) is 0 Å². The average molecular weight is 442 g/mol. The van der Waals surface area contributed by atoms with E-state index in [0.29, 0.717) is 22.5 Å². The number of methoxy groups -OCH3 is 1. The molecule has 0 bridgehead atoms. The van der Waals surface area contributed by atoms with Crippen LogP contribution >= 0.6 is 0 Å². The number of carbonyl (C=O) groups is 1. The van der Waals surface area contributed by atoms with Crippen molar-refractivity contribution in [3.63, 3.8) is 0 Å².